The third kappa shape index (κ3) is 3.72. The molecule has 1 aromatic rings. The van der Waals surface area contributed by atoms with Crippen LogP contribution in [0.4, 0.5) is 0 Å². The van der Waals surface area contributed by atoms with Crippen LogP contribution in [0.1, 0.15) is 17.5 Å². The number of methoxy groups -OCH3 is 1. The van der Waals surface area contributed by atoms with E-state index in [-0.39, 0.29) is 0 Å². The second-order valence-corrected chi connectivity index (χ2v) is 3.56. The van der Waals surface area contributed by atoms with E-state index in [1.807, 2.05) is 31.2 Å². The van der Waals surface area contributed by atoms with Gasteiger partial charge in [0.05, 0.1) is 7.11 Å². The topological polar surface area (TPSA) is 46.5 Å². The van der Waals surface area contributed by atoms with E-state index >= 15 is 0 Å². The molecule has 0 saturated heterocycles. The summed E-state index contributed by atoms with van der Waals surface area (Å²) in [5.41, 5.74) is 2.32. The maximum Gasteiger partial charge on any atom is 0.334 e. The minimum atomic E-state index is -1.02. The quantitative estimate of drug-likeness (QED) is 0.762. The maximum atomic E-state index is 10.9. The van der Waals surface area contributed by atoms with Gasteiger partial charge in [-0.2, -0.15) is 0 Å². The summed E-state index contributed by atoms with van der Waals surface area (Å²) in [5, 5.41) is 9.36. The smallest absolute Gasteiger partial charge is 0.334 e. The number of aliphatic hydroxyl groups excluding tert-OH is 1. The van der Waals surface area contributed by atoms with Gasteiger partial charge in [0.1, 0.15) is 0 Å². The molecule has 1 aromatic carbocycles. The molecule has 3 heteroatoms. The largest absolute Gasteiger partial charge is 0.467 e. The van der Waals surface area contributed by atoms with Gasteiger partial charge in [-0.25, -0.2) is 4.79 Å². The van der Waals surface area contributed by atoms with E-state index in [1.54, 1.807) is 0 Å². The highest BCUT2D eigenvalue weighted by Gasteiger charge is 2.14. The van der Waals surface area contributed by atoms with Gasteiger partial charge in [-0.05, 0) is 25.3 Å². The molecule has 0 bridgehead atoms. The molecule has 0 spiro atoms. The zero-order valence-corrected chi connectivity index (χ0v) is 9.06. The normalized spacial score (nSPS) is 12.2. The summed E-state index contributed by atoms with van der Waals surface area (Å²) in [6, 6.07) is 8.03. The molecule has 82 valence electrons. The van der Waals surface area contributed by atoms with Crippen LogP contribution in [0.2, 0.25) is 0 Å². The van der Waals surface area contributed by atoms with Gasteiger partial charge in [0.15, 0.2) is 6.10 Å². The van der Waals surface area contributed by atoms with Crippen molar-refractivity contribution < 1.29 is 14.6 Å². The van der Waals surface area contributed by atoms with Crippen LogP contribution in [0.25, 0.3) is 0 Å². The van der Waals surface area contributed by atoms with Crippen molar-refractivity contribution in [2.24, 2.45) is 0 Å². The number of rotatable bonds is 4. The van der Waals surface area contributed by atoms with E-state index in [0.717, 1.165) is 5.56 Å². The summed E-state index contributed by atoms with van der Waals surface area (Å²) in [6.07, 6.45) is 0.0584. The average Bonchev–Trinajstić information content (AvgIpc) is 2.26. The van der Waals surface area contributed by atoms with Crippen molar-refractivity contribution in [1.82, 2.24) is 0 Å². The van der Waals surface area contributed by atoms with Gasteiger partial charge in [0.25, 0.3) is 0 Å². The Bertz CT molecular complexity index is 316. The SMILES string of the molecule is COC(=O)[C@@H](O)CCc1ccc(C)cc1. The summed E-state index contributed by atoms with van der Waals surface area (Å²) in [4.78, 5) is 10.9. The van der Waals surface area contributed by atoms with Crippen molar-refractivity contribution in [3.8, 4) is 0 Å². The van der Waals surface area contributed by atoms with Gasteiger partial charge in [-0.15, -0.1) is 0 Å². The van der Waals surface area contributed by atoms with Gasteiger partial charge in [-0.1, -0.05) is 29.8 Å². The van der Waals surface area contributed by atoms with Crippen LogP contribution in [0.5, 0.6) is 0 Å². The fourth-order valence-corrected chi connectivity index (χ4v) is 1.31. The van der Waals surface area contributed by atoms with Crippen LogP contribution in [0.3, 0.4) is 0 Å². The van der Waals surface area contributed by atoms with Gasteiger partial charge in [0, 0.05) is 0 Å². The number of carbonyl (C=O) groups excluding carboxylic acids is 1. The molecule has 3 nitrogen and oxygen atoms in total. The number of hydrogen-bond donors (Lipinski definition) is 1. The Morgan fingerprint density at radius 2 is 2.00 bits per heavy atom. The Morgan fingerprint density at radius 1 is 1.40 bits per heavy atom. The average molecular weight is 208 g/mol. The van der Waals surface area contributed by atoms with Crippen LogP contribution < -0.4 is 0 Å². The Morgan fingerprint density at radius 3 is 2.53 bits per heavy atom. The summed E-state index contributed by atoms with van der Waals surface area (Å²) in [5.74, 6) is -0.567. The molecule has 0 saturated carbocycles. The molecule has 0 amide bonds. The summed E-state index contributed by atoms with van der Waals surface area (Å²) in [7, 11) is 1.28. The zero-order valence-electron chi connectivity index (χ0n) is 9.06. The number of hydrogen-bond acceptors (Lipinski definition) is 3. The number of ether oxygens (including phenoxy) is 1. The third-order valence-corrected chi connectivity index (χ3v) is 2.30. The molecule has 0 unspecified atom stereocenters. The van der Waals surface area contributed by atoms with Crippen molar-refractivity contribution in [2.75, 3.05) is 7.11 Å². The van der Waals surface area contributed by atoms with Crippen LogP contribution in [0, 0.1) is 6.92 Å². The van der Waals surface area contributed by atoms with E-state index in [9.17, 15) is 9.90 Å². The fraction of sp³-hybridized carbons (Fsp3) is 0.417. The second-order valence-electron chi connectivity index (χ2n) is 3.56. The minimum Gasteiger partial charge on any atom is -0.467 e. The van der Waals surface area contributed by atoms with Gasteiger partial charge in [0.2, 0.25) is 0 Å². The van der Waals surface area contributed by atoms with Gasteiger partial charge < -0.3 is 9.84 Å². The molecular weight excluding hydrogens is 192 g/mol. The van der Waals surface area contributed by atoms with Crippen LogP contribution in [-0.2, 0) is 16.0 Å². The maximum absolute atomic E-state index is 10.9. The Kier molecular flexibility index (Phi) is 4.31. The molecule has 0 aliphatic rings. The van der Waals surface area contributed by atoms with Crippen LogP contribution in [-0.4, -0.2) is 24.3 Å². The van der Waals surface area contributed by atoms with E-state index in [2.05, 4.69) is 4.74 Å². The first kappa shape index (κ1) is 11.7. The van der Waals surface area contributed by atoms with Gasteiger partial charge in [-0.3, -0.25) is 0 Å². The number of benzene rings is 1. The summed E-state index contributed by atoms with van der Waals surface area (Å²) < 4.78 is 4.43. The highest BCUT2D eigenvalue weighted by molar-refractivity contribution is 5.74. The minimum absolute atomic E-state index is 0.399. The van der Waals surface area contributed by atoms with E-state index in [1.165, 1.54) is 12.7 Å². The van der Waals surface area contributed by atoms with Crippen molar-refractivity contribution in [3.63, 3.8) is 0 Å². The number of esters is 1. The van der Waals surface area contributed by atoms with Crippen LogP contribution in [0.15, 0.2) is 24.3 Å². The van der Waals surface area contributed by atoms with Crippen molar-refractivity contribution >= 4 is 5.97 Å². The van der Waals surface area contributed by atoms with Crippen molar-refractivity contribution in [3.05, 3.63) is 35.4 Å². The highest BCUT2D eigenvalue weighted by atomic mass is 16.5. The molecule has 1 rings (SSSR count). The molecule has 0 aliphatic heterocycles. The van der Waals surface area contributed by atoms with Gasteiger partial charge >= 0.3 is 5.97 Å². The first-order valence-electron chi connectivity index (χ1n) is 4.95. The molecule has 0 heterocycles. The lowest BCUT2D eigenvalue weighted by atomic mass is 10.1. The molecular formula is C12H16O3. The molecule has 15 heavy (non-hydrogen) atoms. The summed E-state index contributed by atoms with van der Waals surface area (Å²) >= 11 is 0. The number of aryl methyl sites for hydroxylation is 2. The molecule has 0 aromatic heterocycles. The Hall–Kier alpha value is -1.35. The molecule has 0 fully saturated rings. The predicted octanol–water partition coefficient (Wildman–Crippen LogP) is 1.46. The van der Waals surface area contributed by atoms with Crippen molar-refractivity contribution in [2.45, 2.75) is 25.9 Å². The first-order chi connectivity index (χ1) is 7.13. The first-order valence-corrected chi connectivity index (χ1v) is 4.95. The lowest BCUT2D eigenvalue weighted by Gasteiger charge is -2.07. The Balaban J connectivity index is 2.43. The standard InChI is InChI=1S/C12H16O3/c1-9-3-5-10(6-4-9)7-8-11(13)12(14)15-2/h3-6,11,13H,7-8H2,1-2H3/t11-/m0/s1. The lowest BCUT2D eigenvalue weighted by molar-refractivity contribution is -0.150. The van der Waals surface area contributed by atoms with E-state index in [0.29, 0.717) is 12.8 Å². The van der Waals surface area contributed by atoms with E-state index in [4.69, 9.17) is 0 Å². The van der Waals surface area contributed by atoms with Crippen LogP contribution >= 0.6 is 0 Å². The molecule has 1 N–H and O–H groups in total. The van der Waals surface area contributed by atoms with E-state index < -0.39 is 12.1 Å². The molecule has 0 aliphatic carbocycles. The second kappa shape index (κ2) is 5.51. The lowest BCUT2D eigenvalue weighted by Crippen LogP contribution is -2.22. The zero-order chi connectivity index (χ0) is 11.3. The highest BCUT2D eigenvalue weighted by Crippen LogP contribution is 2.07. The summed E-state index contributed by atoms with van der Waals surface area (Å²) in [6.45, 7) is 2.02. The third-order valence-electron chi connectivity index (χ3n) is 2.30. The number of carbonyl (C=O) groups is 1. The fourth-order valence-electron chi connectivity index (χ4n) is 1.31. The van der Waals surface area contributed by atoms with Crippen molar-refractivity contribution in [1.29, 1.82) is 0 Å². The molecule has 0 radical (unpaired) electrons. The monoisotopic (exact) mass is 208 g/mol. The Labute approximate surface area is 89.7 Å². The number of aliphatic hydroxyl groups is 1. The molecule has 1 atom stereocenters. The predicted molar refractivity (Wildman–Crippen MR) is 57.5 cm³/mol.